The zero-order chi connectivity index (χ0) is 24.6. The molecule has 5 nitrogen and oxygen atoms in total. The summed E-state index contributed by atoms with van der Waals surface area (Å²) in [4.78, 5) is 0. The van der Waals surface area contributed by atoms with Gasteiger partial charge >= 0.3 is 0 Å². The lowest BCUT2D eigenvalue weighted by molar-refractivity contribution is 0.163. The van der Waals surface area contributed by atoms with Crippen LogP contribution in [0, 0.1) is 6.92 Å². The molecule has 4 aromatic carbocycles. The molecule has 35 heavy (non-hydrogen) atoms. The standard InChI is InChI=1S/C30H29NO4/c1-19-16-26-27(17-24(33-4)18-28(26)34-5)29-25(19)14-15-30(35-29,20-6-10-22(31-2)11-7-20)21-8-12-23(32-3)13-9-21/h6-18,31H,1-5H3. The molecule has 0 spiro atoms. The molecule has 1 aliphatic rings. The van der Waals surface area contributed by atoms with Gasteiger partial charge in [-0.1, -0.05) is 30.3 Å². The van der Waals surface area contributed by atoms with E-state index in [1.165, 1.54) is 0 Å². The number of fused-ring (bicyclic) bond motifs is 3. The van der Waals surface area contributed by atoms with Crippen molar-refractivity contribution in [2.24, 2.45) is 0 Å². The molecule has 0 saturated heterocycles. The van der Waals surface area contributed by atoms with Crippen molar-refractivity contribution in [1.29, 1.82) is 0 Å². The summed E-state index contributed by atoms with van der Waals surface area (Å²) < 4.78 is 23.8. The minimum Gasteiger partial charge on any atom is -0.497 e. The van der Waals surface area contributed by atoms with Crippen LogP contribution in [-0.2, 0) is 5.60 Å². The van der Waals surface area contributed by atoms with E-state index >= 15 is 0 Å². The monoisotopic (exact) mass is 467 g/mol. The Bertz CT molecular complexity index is 1360. The van der Waals surface area contributed by atoms with Crippen molar-refractivity contribution in [3.8, 4) is 23.0 Å². The molecule has 0 amide bonds. The minimum absolute atomic E-state index is 0.715. The van der Waals surface area contributed by atoms with E-state index in [9.17, 15) is 0 Å². The Labute approximate surface area is 205 Å². The van der Waals surface area contributed by atoms with Gasteiger partial charge in [-0.3, -0.25) is 0 Å². The highest BCUT2D eigenvalue weighted by Gasteiger charge is 2.38. The van der Waals surface area contributed by atoms with Gasteiger partial charge in [0.15, 0.2) is 5.60 Å². The predicted molar refractivity (Wildman–Crippen MR) is 141 cm³/mol. The normalized spacial score (nSPS) is 16.4. The Hall–Kier alpha value is -4.12. The number of nitrogens with one attached hydrogen (secondary N) is 1. The van der Waals surface area contributed by atoms with Crippen LogP contribution in [0.3, 0.4) is 0 Å². The fraction of sp³-hybridized carbons (Fsp3) is 0.200. The summed E-state index contributed by atoms with van der Waals surface area (Å²) in [6, 6.07) is 22.4. The summed E-state index contributed by atoms with van der Waals surface area (Å²) in [5.41, 5.74) is 4.39. The summed E-state index contributed by atoms with van der Waals surface area (Å²) in [7, 11) is 6.92. The topological polar surface area (TPSA) is 49.0 Å². The first-order chi connectivity index (χ1) is 17.0. The fourth-order valence-electron chi connectivity index (χ4n) is 4.76. The highest BCUT2D eigenvalue weighted by Crippen LogP contribution is 2.48. The molecule has 1 heterocycles. The molecular weight excluding hydrogens is 438 g/mol. The summed E-state index contributed by atoms with van der Waals surface area (Å²) >= 11 is 0. The molecule has 5 heteroatoms. The van der Waals surface area contributed by atoms with Crippen LogP contribution < -0.4 is 24.3 Å². The van der Waals surface area contributed by atoms with Crippen LogP contribution in [-0.4, -0.2) is 28.4 Å². The first-order valence-electron chi connectivity index (χ1n) is 11.5. The Morgan fingerprint density at radius 1 is 0.743 bits per heavy atom. The van der Waals surface area contributed by atoms with Crippen molar-refractivity contribution in [1.82, 2.24) is 0 Å². The zero-order valence-corrected chi connectivity index (χ0v) is 20.6. The van der Waals surface area contributed by atoms with Gasteiger partial charge in [-0.25, -0.2) is 0 Å². The number of hydrogen-bond acceptors (Lipinski definition) is 5. The van der Waals surface area contributed by atoms with Crippen LogP contribution in [0.4, 0.5) is 5.69 Å². The van der Waals surface area contributed by atoms with Crippen LogP contribution in [0.25, 0.3) is 16.8 Å². The average molecular weight is 468 g/mol. The van der Waals surface area contributed by atoms with Gasteiger partial charge in [0.25, 0.3) is 0 Å². The molecule has 1 unspecified atom stereocenters. The first-order valence-corrected chi connectivity index (χ1v) is 11.5. The first kappa shape index (κ1) is 22.7. The number of ether oxygens (including phenoxy) is 4. The van der Waals surface area contributed by atoms with Crippen molar-refractivity contribution in [2.45, 2.75) is 12.5 Å². The molecule has 5 rings (SSSR count). The van der Waals surface area contributed by atoms with Gasteiger partial charge in [-0.15, -0.1) is 0 Å². The smallest absolute Gasteiger partial charge is 0.178 e. The SMILES string of the molecule is CNc1ccc(C2(c3ccc(OC)cc3)C=Cc3c(C)cc4c(OC)cc(OC)cc4c3O2)cc1. The molecule has 1 atom stereocenters. The van der Waals surface area contributed by atoms with E-state index in [4.69, 9.17) is 18.9 Å². The average Bonchev–Trinajstić information content (AvgIpc) is 2.92. The molecule has 0 aliphatic carbocycles. The van der Waals surface area contributed by atoms with E-state index in [2.05, 4.69) is 66.9 Å². The third-order valence-corrected chi connectivity index (χ3v) is 6.72. The number of hydrogen-bond donors (Lipinski definition) is 1. The maximum absolute atomic E-state index is 7.07. The van der Waals surface area contributed by atoms with Crippen molar-refractivity contribution < 1.29 is 18.9 Å². The van der Waals surface area contributed by atoms with Gasteiger partial charge in [-0.05, 0) is 55.0 Å². The lowest BCUT2D eigenvalue weighted by Crippen LogP contribution is -2.34. The number of methoxy groups -OCH3 is 3. The number of anilines is 1. The van der Waals surface area contributed by atoms with E-state index in [0.29, 0.717) is 5.75 Å². The van der Waals surface area contributed by atoms with Crippen LogP contribution in [0.5, 0.6) is 23.0 Å². The van der Waals surface area contributed by atoms with Crippen molar-refractivity contribution in [3.05, 3.63) is 95.1 Å². The van der Waals surface area contributed by atoms with Crippen molar-refractivity contribution in [2.75, 3.05) is 33.7 Å². The Morgan fingerprint density at radius 3 is 2.00 bits per heavy atom. The van der Waals surface area contributed by atoms with Crippen LogP contribution in [0.2, 0.25) is 0 Å². The summed E-state index contributed by atoms with van der Waals surface area (Å²) in [5.74, 6) is 3.06. The second-order valence-electron chi connectivity index (χ2n) is 8.59. The lowest BCUT2D eigenvalue weighted by Gasteiger charge is -2.37. The highest BCUT2D eigenvalue weighted by molar-refractivity contribution is 5.98. The van der Waals surface area contributed by atoms with Gasteiger partial charge in [-0.2, -0.15) is 0 Å². The van der Waals surface area contributed by atoms with E-state index in [1.54, 1.807) is 21.3 Å². The van der Waals surface area contributed by atoms with E-state index in [1.807, 2.05) is 31.3 Å². The van der Waals surface area contributed by atoms with E-state index in [-0.39, 0.29) is 0 Å². The maximum Gasteiger partial charge on any atom is 0.178 e. The molecule has 0 aromatic heterocycles. The van der Waals surface area contributed by atoms with Crippen LogP contribution in [0.1, 0.15) is 22.3 Å². The zero-order valence-electron chi connectivity index (χ0n) is 20.6. The van der Waals surface area contributed by atoms with Gasteiger partial charge in [0.2, 0.25) is 0 Å². The summed E-state index contributed by atoms with van der Waals surface area (Å²) in [6.45, 7) is 2.09. The van der Waals surface area contributed by atoms with Crippen LogP contribution in [0.15, 0.2) is 72.8 Å². The lowest BCUT2D eigenvalue weighted by atomic mass is 9.82. The maximum atomic E-state index is 7.07. The third-order valence-electron chi connectivity index (χ3n) is 6.72. The highest BCUT2D eigenvalue weighted by atomic mass is 16.5. The summed E-state index contributed by atoms with van der Waals surface area (Å²) in [5, 5.41) is 5.12. The van der Waals surface area contributed by atoms with Gasteiger partial charge < -0.3 is 24.3 Å². The van der Waals surface area contributed by atoms with Crippen molar-refractivity contribution in [3.63, 3.8) is 0 Å². The second-order valence-corrected chi connectivity index (χ2v) is 8.59. The molecule has 178 valence electrons. The van der Waals surface area contributed by atoms with E-state index < -0.39 is 5.60 Å². The molecule has 0 radical (unpaired) electrons. The molecule has 1 N–H and O–H groups in total. The van der Waals surface area contributed by atoms with E-state index in [0.717, 1.165) is 56.0 Å². The minimum atomic E-state index is -0.831. The molecular formula is C30H29NO4. The molecule has 0 saturated carbocycles. The van der Waals surface area contributed by atoms with Gasteiger partial charge in [0.1, 0.15) is 23.0 Å². The van der Waals surface area contributed by atoms with Gasteiger partial charge in [0, 0.05) is 46.3 Å². The summed E-state index contributed by atoms with van der Waals surface area (Å²) in [6.07, 6.45) is 4.30. The largest absolute Gasteiger partial charge is 0.497 e. The molecule has 0 bridgehead atoms. The Kier molecular flexibility index (Phi) is 5.77. The second kappa shape index (κ2) is 8.91. The Balaban J connectivity index is 1.78. The van der Waals surface area contributed by atoms with Gasteiger partial charge in [0.05, 0.1) is 21.3 Å². The predicted octanol–water partition coefficient (Wildman–Crippen LogP) is 6.57. The fourth-order valence-corrected chi connectivity index (χ4v) is 4.76. The molecule has 4 aromatic rings. The number of aryl methyl sites for hydroxylation is 1. The molecule has 0 fully saturated rings. The van der Waals surface area contributed by atoms with Crippen LogP contribution >= 0.6 is 0 Å². The quantitative estimate of drug-likeness (QED) is 0.348. The number of rotatable bonds is 6. The Morgan fingerprint density at radius 2 is 1.40 bits per heavy atom. The van der Waals surface area contributed by atoms with Crippen molar-refractivity contribution >= 4 is 22.5 Å². The number of benzene rings is 4. The molecule has 1 aliphatic heterocycles. The third kappa shape index (κ3) is 3.73.